The summed E-state index contributed by atoms with van der Waals surface area (Å²) in [6.07, 6.45) is 5.21. The summed E-state index contributed by atoms with van der Waals surface area (Å²) >= 11 is 0. The molecule has 3 aromatic heterocycles. The molecule has 7 heteroatoms. The second-order valence-electron chi connectivity index (χ2n) is 6.39. The Kier molecular flexibility index (Phi) is 4.04. The van der Waals surface area contributed by atoms with Gasteiger partial charge in [0.25, 0.3) is 5.91 Å². The van der Waals surface area contributed by atoms with E-state index in [1.165, 1.54) is 0 Å². The average Bonchev–Trinajstić information content (AvgIpc) is 3.11. The van der Waals surface area contributed by atoms with Crippen LogP contribution in [0.4, 0.5) is 0 Å². The van der Waals surface area contributed by atoms with Crippen molar-refractivity contribution in [1.29, 1.82) is 0 Å². The van der Waals surface area contributed by atoms with Gasteiger partial charge in [0.1, 0.15) is 0 Å². The Morgan fingerprint density at radius 1 is 1.23 bits per heavy atom. The zero-order valence-electron chi connectivity index (χ0n) is 14.5. The largest absolute Gasteiger partial charge is 0.348 e. The van der Waals surface area contributed by atoms with Crippen molar-refractivity contribution in [3.8, 4) is 0 Å². The Morgan fingerprint density at radius 2 is 2.12 bits per heavy atom. The van der Waals surface area contributed by atoms with Gasteiger partial charge in [0.2, 0.25) is 5.65 Å². The van der Waals surface area contributed by atoms with Gasteiger partial charge in [-0.25, -0.2) is 4.98 Å². The maximum absolute atomic E-state index is 12.6. The fourth-order valence-electron chi connectivity index (χ4n) is 2.92. The van der Waals surface area contributed by atoms with Gasteiger partial charge >= 0.3 is 0 Å². The van der Waals surface area contributed by atoms with Crippen molar-refractivity contribution in [3.63, 3.8) is 0 Å². The number of nitrogens with one attached hydrogen (secondary N) is 1. The van der Waals surface area contributed by atoms with E-state index in [4.69, 9.17) is 0 Å². The summed E-state index contributed by atoms with van der Waals surface area (Å²) < 4.78 is 2.05. The molecular weight excluding hydrogens is 328 g/mol. The summed E-state index contributed by atoms with van der Waals surface area (Å²) in [7, 11) is 0. The third-order valence-corrected chi connectivity index (χ3v) is 4.27. The minimum absolute atomic E-state index is 0.142. The molecule has 7 nitrogen and oxygen atoms in total. The lowest BCUT2D eigenvalue weighted by atomic mass is 10.1. The lowest BCUT2D eigenvalue weighted by Gasteiger charge is -2.10. The summed E-state index contributed by atoms with van der Waals surface area (Å²) in [4.78, 5) is 20.9. The summed E-state index contributed by atoms with van der Waals surface area (Å²) in [6, 6.07) is 9.44. The molecule has 4 rings (SSSR count). The van der Waals surface area contributed by atoms with E-state index in [1.807, 2.05) is 28.8 Å². The topological polar surface area (TPSA) is 85.6 Å². The summed E-state index contributed by atoms with van der Waals surface area (Å²) in [5, 5.41) is 12.2. The van der Waals surface area contributed by atoms with E-state index < -0.39 is 0 Å². The van der Waals surface area contributed by atoms with Crippen LogP contribution in [0, 0.1) is 0 Å². The van der Waals surface area contributed by atoms with E-state index in [0.717, 1.165) is 22.0 Å². The van der Waals surface area contributed by atoms with Gasteiger partial charge < -0.3 is 9.88 Å². The molecule has 1 N–H and O–H groups in total. The van der Waals surface area contributed by atoms with Crippen LogP contribution in [0.15, 0.2) is 49.1 Å². The van der Waals surface area contributed by atoms with Gasteiger partial charge in [0, 0.05) is 35.9 Å². The minimum Gasteiger partial charge on any atom is -0.348 e. The Labute approximate surface area is 150 Å². The fraction of sp³-hybridized carbons (Fsp3) is 0.211. The predicted octanol–water partition coefficient (Wildman–Crippen LogP) is 2.89. The van der Waals surface area contributed by atoms with Crippen molar-refractivity contribution in [1.82, 2.24) is 30.0 Å². The first-order valence-electron chi connectivity index (χ1n) is 8.43. The number of rotatable bonds is 4. The molecule has 0 saturated heterocycles. The second kappa shape index (κ2) is 6.51. The van der Waals surface area contributed by atoms with E-state index in [-0.39, 0.29) is 11.9 Å². The molecule has 0 bridgehead atoms. The number of carbonyl (C=O) groups is 1. The molecule has 3 heterocycles. The van der Waals surface area contributed by atoms with Crippen molar-refractivity contribution in [3.05, 3.63) is 60.2 Å². The monoisotopic (exact) mass is 346 g/mol. The number of aromatic nitrogens is 5. The first-order valence-corrected chi connectivity index (χ1v) is 8.43. The fourth-order valence-corrected chi connectivity index (χ4v) is 2.92. The Hall–Kier alpha value is -3.35. The number of carbonyl (C=O) groups excluding carboxylic acids is 1. The number of hydrogen-bond donors (Lipinski definition) is 1. The van der Waals surface area contributed by atoms with Crippen molar-refractivity contribution in [2.75, 3.05) is 0 Å². The molecule has 0 aliphatic rings. The van der Waals surface area contributed by atoms with E-state index >= 15 is 0 Å². The van der Waals surface area contributed by atoms with Gasteiger partial charge in [-0.2, -0.15) is 0 Å². The van der Waals surface area contributed by atoms with Crippen LogP contribution in [0.25, 0.3) is 22.1 Å². The number of benzene rings is 1. The molecule has 0 atom stereocenters. The molecular formula is C19H18N6O. The molecule has 26 heavy (non-hydrogen) atoms. The van der Waals surface area contributed by atoms with Crippen LogP contribution in [0.2, 0.25) is 0 Å². The Balaban J connectivity index is 1.71. The quantitative estimate of drug-likeness (QED) is 0.614. The van der Waals surface area contributed by atoms with Crippen molar-refractivity contribution in [2.45, 2.75) is 26.4 Å². The molecule has 0 saturated carbocycles. The highest BCUT2D eigenvalue weighted by molar-refractivity contribution is 6.05. The molecule has 130 valence electrons. The van der Waals surface area contributed by atoms with E-state index in [2.05, 4.69) is 39.3 Å². The van der Waals surface area contributed by atoms with Crippen LogP contribution in [0.3, 0.4) is 0 Å². The molecule has 0 aliphatic carbocycles. The lowest BCUT2D eigenvalue weighted by Crippen LogP contribution is -2.22. The van der Waals surface area contributed by atoms with Crippen molar-refractivity contribution in [2.24, 2.45) is 0 Å². The van der Waals surface area contributed by atoms with E-state index in [0.29, 0.717) is 17.8 Å². The summed E-state index contributed by atoms with van der Waals surface area (Å²) in [6.45, 7) is 4.59. The SMILES string of the molecule is CC(C)n1cnc2nnc3ccc(C(=O)NCc4cccnc4)cc3c21. The number of hydrogen-bond acceptors (Lipinski definition) is 5. The van der Waals surface area contributed by atoms with Crippen LogP contribution in [-0.2, 0) is 6.54 Å². The molecule has 0 radical (unpaired) electrons. The summed E-state index contributed by atoms with van der Waals surface area (Å²) in [5.41, 5.74) is 3.75. The van der Waals surface area contributed by atoms with E-state index in [1.54, 1.807) is 24.8 Å². The minimum atomic E-state index is -0.142. The van der Waals surface area contributed by atoms with E-state index in [9.17, 15) is 4.79 Å². The zero-order chi connectivity index (χ0) is 18.1. The lowest BCUT2D eigenvalue weighted by molar-refractivity contribution is 0.0951. The van der Waals surface area contributed by atoms with Gasteiger partial charge in [-0.3, -0.25) is 9.78 Å². The maximum atomic E-state index is 12.6. The number of nitrogens with zero attached hydrogens (tertiary/aromatic N) is 5. The number of imidazole rings is 1. The van der Waals surface area contributed by atoms with Gasteiger partial charge in [-0.05, 0) is 43.7 Å². The normalized spacial score (nSPS) is 11.3. The number of pyridine rings is 1. The van der Waals surface area contributed by atoms with Gasteiger partial charge in [-0.1, -0.05) is 6.07 Å². The number of amides is 1. The maximum Gasteiger partial charge on any atom is 0.251 e. The van der Waals surface area contributed by atoms with Gasteiger partial charge in [0.15, 0.2) is 0 Å². The van der Waals surface area contributed by atoms with Crippen molar-refractivity contribution >= 4 is 28.0 Å². The number of fused-ring (bicyclic) bond motifs is 3. The van der Waals surface area contributed by atoms with Gasteiger partial charge in [-0.15, -0.1) is 10.2 Å². The van der Waals surface area contributed by atoms with Crippen LogP contribution in [0.5, 0.6) is 0 Å². The standard InChI is InChI=1S/C19H18N6O/c1-12(2)25-11-22-18-17(25)15-8-14(5-6-16(15)23-24-18)19(26)21-10-13-4-3-7-20-9-13/h3-9,11-12H,10H2,1-2H3,(H,21,26). The Bertz CT molecular complexity index is 1090. The molecule has 0 spiro atoms. The first-order chi connectivity index (χ1) is 12.6. The first kappa shape index (κ1) is 16.1. The molecule has 1 aromatic carbocycles. The average molecular weight is 346 g/mol. The molecule has 4 aromatic rings. The predicted molar refractivity (Wildman–Crippen MR) is 98.6 cm³/mol. The second-order valence-corrected chi connectivity index (χ2v) is 6.39. The van der Waals surface area contributed by atoms with Crippen LogP contribution in [-0.4, -0.2) is 30.6 Å². The van der Waals surface area contributed by atoms with Crippen molar-refractivity contribution < 1.29 is 4.79 Å². The molecule has 1 amide bonds. The third-order valence-electron chi connectivity index (χ3n) is 4.27. The molecule has 0 unspecified atom stereocenters. The summed E-state index contributed by atoms with van der Waals surface area (Å²) in [5.74, 6) is -0.142. The highest BCUT2D eigenvalue weighted by Gasteiger charge is 2.14. The highest BCUT2D eigenvalue weighted by Crippen LogP contribution is 2.25. The molecule has 0 aliphatic heterocycles. The van der Waals surface area contributed by atoms with Crippen LogP contribution < -0.4 is 5.32 Å². The smallest absolute Gasteiger partial charge is 0.251 e. The van der Waals surface area contributed by atoms with Crippen LogP contribution in [0.1, 0.15) is 35.8 Å². The van der Waals surface area contributed by atoms with Crippen LogP contribution >= 0.6 is 0 Å². The third kappa shape index (κ3) is 2.88. The van der Waals surface area contributed by atoms with Gasteiger partial charge in [0.05, 0.1) is 17.4 Å². The Morgan fingerprint density at radius 3 is 2.88 bits per heavy atom. The highest BCUT2D eigenvalue weighted by atomic mass is 16.1. The molecule has 0 fully saturated rings. The zero-order valence-corrected chi connectivity index (χ0v) is 14.5.